The van der Waals surface area contributed by atoms with Gasteiger partial charge in [-0.2, -0.15) is 0 Å². The molecule has 3 rings (SSSR count). The summed E-state index contributed by atoms with van der Waals surface area (Å²) in [4.78, 5) is 5.27. The molecule has 1 N–H and O–H groups in total. The van der Waals surface area contributed by atoms with E-state index in [4.69, 9.17) is 11.6 Å². The normalized spacial score (nSPS) is 15.1. The van der Waals surface area contributed by atoms with Crippen molar-refractivity contribution in [1.82, 2.24) is 10.2 Å². The summed E-state index contributed by atoms with van der Waals surface area (Å²) >= 11 is 7.80. The average Bonchev–Trinajstić information content (AvgIpc) is 2.89. The van der Waals surface area contributed by atoms with Gasteiger partial charge in [-0.1, -0.05) is 23.7 Å². The molecule has 1 aliphatic rings. The highest BCUT2D eigenvalue weighted by molar-refractivity contribution is 7.15. The summed E-state index contributed by atoms with van der Waals surface area (Å²) in [6.45, 7) is 5.58. The van der Waals surface area contributed by atoms with Crippen molar-refractivity contribution in [2.75, 3.05) is 26.2 Å². The molecule has 1 aliphatic heterocycles. The molecule has 0 spiro atoms. The highest BCUT2D eigenvalue weighted by Gasteiger charge is 2.11. The molecule has 0 saturated carbocycles. The third kappa shape index (κ3) is 5.13. The Bertz CT molecular complexity index is 536. The minimum atomic E-state index is 0. The maximum atomic E-state index is 5.92. The first-order chi connectivity index (χ1) is 9.31. The highest BCUT2D eigenvalue weighted by Crippen LogP contribution is 2.29. The fourth-order valence-electron chi connectivity index (χ4n) is 2.32. The van der Waals surface area contributed by atoms with E-state index in [0.29, 0.717) is 0 Å². The van der Waals surface area contributed by atoms with E-state index >= 15 is 0 Å². The van der Waals surface area contributed by atoms with Gasteiger partial charge in [-0.05, 0) is 29.8 Å². The molecule has 0 radical (unpaired) electrons. The van der Waals surface area contributed by atoms with Crippen LogP contribution in [-0.2, 0) is 6.54 Å². The van der Waals surface area contributed by atoms with E-state index in [0.717, 1.165) is 37.7 Å². The number of thiophene rings is 1. The Kier molecular flexibility index (Phi) is 8.03. The third-order valence-electron chi connectivity index (χ3n) is 3.38. The van der Waals surface area contributed by atoms with E-state index in [1.165, 1.54) is 15.3 Å². The van der Waals surface area contributed by atoms with E-state index < -0.39 is 0 Å². The predicted octanol–water partition coefficient (Wildman–Crippen LogP) is 4.32. The van der Waals surface area contributed by atoms with Crippen LogP contribution in [0.3, 0.4) is 0 Å². The molecule has 2 aromatic rings. The number of piperazine rings is 1. The maximum absolute atomic E-state index is 5.92. The van der Waals surface area contributed by atoms with Crippen LogP contribution in [0.25, 0.3) is 10.4 Å². The summed E-state index contributed by atoms with van der Waals surface area (Å²) in [6.07, 6.45) is 0. The minimum absolute atomic E-state index is 0. The van der Waals surface area contributed by atoms with E-state index in [-0.39, 0.29) is 24.8 Å². The molecule has 0 unspecified atom stereocenters. The van der Waals surface area contributed by atoms with Crippen LogP contribution in [0, 0.1) is 0 Å². The topological polar surface area (TPSA) is 15.3 Å². The zero-order valence-electron chi connectivity index (χ0n) is 11.5. The van der Waals surface area contributed by atoms with Crippen molar-refractivity contribution in [1.29, 1.82) is 0 Å². The van der Waals surface area contributed by atoms with Crippen LogP contribution in [0.4, 0.5) is 0 Å². The Morgan fingerprint density at radius 2 is 1.67 bits per heavy atom. The Morgan fingerprint density at radius 1 is 1.00 bits per heavy atom. The zero-order chi connectivity index (χ0) is 13.1. The fraction of sp³-hybridized carbons (Fsp3) is 0.333. The molecule has 0 bridgehead atoms. The van der Waals surface area contributed by atoms with Gasteiger partial charge >= 0.3 is 0 Å². The van der Waals surface area contributed by atoms with Gasteiger partial charge in [0, 0.05) is 47.5 Å². The van der Waals surface area contributed by atoms with E-state index in [2.05, 4.69) is 34.5 Å². The molecule has 116 valence electrons. The lowest BCUT2D eigenvalue weighted by molar-refractivity contribution is 0.235. The van der Waals surface area contributed by atoms with Crippen LogP contribution >= 0.6 is 47.8 Å². The molecule has 1 aromatic carbocycles. The molecule has 21 heavy (non-hydrogen) atoms. The van der Waals surface area contributed by atoms with Crippen LogP contribution in [-0.4, -0.2) is 31.1 Å². The number of nitrogens with one attached hydrogen (secondary N) is 1. The molecular formula is C15H19Cl3N2S. The molecule has 0 atom stereocenters. The minimum Gasteiger partial charge on any atom is -0.314 e. The van der Waals surface area contributed by atoms with Crippen LogP contribution in [0.15, 0.2) is 36.4 Å². The smallest absolute Gasteiger partial charge is 0.0406 e. The summed E-state index contributed by atoms with van der Waals surface area (Å²) in [5.41, 5.74) is 1.25. The van der Waals surface area contributed by atoms with Crippen molar-refractivity contribution < 1.29 is 0 Å². The number of hydrogen-bond donors (Lipinski definition) is 1. The van der Waals surface area contributed by atoms with Gasteiger partial charge in [0.1, 0.15) is 0 Å². The van der Waals surface area contributed by atoms with Crippen molar-refractivity contribution in [3.63, 3.8) is 0 Å². The first kappa shape index (κ1) is 18.8. The predicted molar refractivity (Wildman–Crippen MR) is 97.4 cm³/mol. The molecular weight excluding hydrogens is 347 g/mol. The van der Waals surface area contributed by atoms with Gasteiger partial charge in [0.2, 0.25) is 0 Å². The summed E-state index contributed by atoms with van der Waals surface area (Å²) < 4.78 is 0. The highest BCUT2D eigenvalue weighted by atomic mass is 35.5. The number of hydrogen-bond acceptors (Lipinski definition) is 3. The summed E-state index contributed by atoms with van der Waals surface area (Å²) in [5.74, 6) is 0. The van der Waals surface area contributed by atoms with Gasteiger partial charge in [0.25, 0.3) is 0 Å². The fourth-order valence-corrected chi connectivity index (χ4v) is 3.50. The van der Waals surface area contributed by atoms with Gasteiger partial charge in [0.15, 0.2) is 0 Å². The quantitative estimate of drug-likeness (QED) is 0.871. The van der Waals surface area contributed by atoms with Crippen LogP contribution in [0.2, 0.25) is 5.02 Å². The monoisotopic (exact) mass is 364 g/mol. The molecule has 0 aliphatic carbocycles. The molecule has 0 amide bonds. The Balaban J connectivity index is 0.00000110. The van der Waals surface area contributed by atoms with E-state index in [1.54, 1.807) is 0 Å². The zero-order valence-corrected chi connectivity index (χ0v) is 14.8. The average molecular weight is 366 g/mol. The van der Waals surface area contributed by atoms with Crippen LogP contribution in [0.1, 0.15) is 4.88 Å². The Hall–Kier alpha value is -0.290. The van der Waals surface area contributed by atoms with Gasteiger partial charge in [-0.25, -0.2) is 0 Å². The number of nitrogens with zero attached hydrogens (tertiary/aromatic N) is 1. The molecule has 1 aromatic heterocycles. The molecule has 1 fully saturated rings. The van der Waals surface area contributed by atoms with E-state index in [9.17, 15) is 0 Å². The second-order valence-corrected chi connectivity index (χ2v) is 6.40. The summed E-state index contributed by atoms with van der Waals surface area (Å²) in [7, 11) is 0. The SMILES string of the molecule is Cl.Cl.Clc1ccc(-c2ccc(CN3CCNCC3)s2)cc1. The lowest BCUT2D eigenvalue weighted by Gasteiger charge is -2.26. The van der Waals surface area contributed by atoms with Crippen molar-refractivity contribution in [2.45, 2.75) is 6.54 Å². The molecule has 1 saturated heterocycles. The van der Waals surface area contributed by atoms with Crippen LogP contribution in [0.5, 0.6) is 0 Å². The summed E-state index contributed by atoms with van der Waals surface area (Å²) in [5, 5.41) is 4.18. The standard InChI is InChI=1S/C15H17ClN2S.2ClH/c16-13-3-1-12(2-4-13)15-6-5-14(19-15)11-18-9-7-17-8-10-18;;/h1-6,17H,7-11H2;2*1H. The number of rotatable bonds is 3. The van der Waals surface area contributed by atoms with E-state index in [1.807, 2.05) is 23.5 Å². The van der Waals surface area contributed by atoms with Crippen molar-refractivity contribution >= 4 is 47.8 Å². The maximum Gasteiger partial charge on any atom is 0.0406 e. The second-order valence-electron chi connectivity index (χ2n) is 4.80. The molecule has 6 heteroatoms. The number of benzene rings is 1. The summed E-state index contributed by atoms with van der Waals surface area (Å²) in [6, 6.07) is 12.5. The van der Waals surface area contributed by atoms with Gasteiger partial charge in [-0.15, -0.1) is 36.2 Å². The first-order valence-corrected chi connectivity index (χ1v) is 7.78. The lowest BCUT2D eigenvalue weighted by atomic mass is 10.2. The lowest BCUT2D eigenvalue weighted by Crippen LogP contribution is -2.42. The van der Waals surface area contributed by atoms with Crippen molar-refractivity contribution in [2.24, 2.45) is 0 Å². The third-order valence-corrected chi connectivity index (χ3v) is 4.75. The number of halogens is 3. The second kappa shape index (κ2) is 8.99. The largest absolute Gasteiger partial charge is 0.314 e. The molecule has 2 nitrogen and oxygen atoms in total. The van der Waals surface area contributed by atoms with Crippen LogP contribution < -0.4 is 5.32 Å². The Labute approximate surface area is 147 Å². The Morgan fingerprint density at radius 3 is 2.33 bits per heavy atom. The first-order valence-electron chi connectivity index (χ1n) is 6.59. The molecule has 2 heterocycles. The van der Waals surface area contributed by atoms with Gasteiger partial charge < -0.3 is 5.32 Å². The van der Waals surface area contributed by atoms with Crippen molar-refractivity contribution in [3.05, 3.63) is 46.3 Å². The van der Waals surface area contributed by atoms with Gasteiger partial charge in [0.05, 0.1) is 0 Å². The van der Waals surface area contributed by atoms with Crippen molar-refractivity contribution in [3.8, 4) is 10.4 Å². The van der Waals surface area contributed by atoms with Gasteiger partial charge in [-0.3, -0.25) is 4.90 Å².